The van der Waals surface area contributed by atoms with E-state index in [1.165, 1.54) is 108 Å². The molecule has 1 nitrogen and oxygen atoms in total. The molecule has 0 aliphatic heterocycles. The van der Waals surface area contributed by atoms with Gasteiger partial charge in [-0.2, -0.15) is 0 Å². The van der Waals surface area contributed by atoms with Crippen molar-refractivity contribution in [3.8, 4) is 44.5 Å². The number of rotatable bonds is 6. The first-order valence-corrected chi connectivity index (χ1v) is 20.9. The molecule has 9 aromatic rings. The van der Waals surface area contributed by atoms with Crippen molar-refractivity contribution < 1.29 is 0 Å². The molecule has 0 saturated heterocycles. The summed E-state index contributed by atoms with van der Waals surface area (Å²) < 4.78 is 0. The molecule has 0 bridgehead atoms. The number of nitrogens with zero attached hydrogens (tertiary/aromatic N) is 1. The van der Waals surface area contributed by atoms with Crippen LogP contribution in [0.5, 0.6) is 0 Å². The Morgan fingerprint density at radius 3 is 1.84 bits per heavy atom. The summed E-state index contributed by atoms with van der Waals surface area (Å²) in [4.78, 5) is 2.51. The molecule has 2 aliphatic carbocycles. The fourth-order valence-corrected chi connectivity index (χ4v) is 10.1. The van der Waals surface area contributed by atoms with Crippen LogP contribution in [-0.4, -0.2) is 0 Å². The predicted molar refractivity (Wildman–Crippen MR) is 247 cm³/mol. The van der Waals surface area contributed by atoms with Gasteiger partial charge >= 0.3 is 0 Å². The lowest BCUT2D eigenvalue weighted by Gasteiger charge is -2.30. The topological polar surface area (TPSA) is 3.24 Å². The van der Waals surface area contributed by atoms with E-state index in [-0.39, 0.29) is 5.41 Å². The van der Waals surface area contributed by atoms with Gasteiger partial charge in [0.1, 0.15) is 0 Å². The Bertz CT molecular complexity index is 3010. The molecule has 1 heteroatoms. The summed E-state index contributed by atoms with van der Waals surface area (Å²) in [6.45, 7) is 4.81. The van der Waals surface area contributed by atoms with Gasteiger partial charge in [-0.25, -0.2) is 0 Å². The van der Waals surface area contributed by atoms with Crippen LogP contribution in [0, 0.1) is 0 Å². The van der Waals surface area contributed by atoms with Crippen molar-refractivity contribution in [1.29, 1.82) is 0 Å². The second-order valence-electron chi connectivity index (χ2n) is 16.8. The van der Waals surface area contributed by atoms with Crippen LogP contribution in [0.15, 0.2) is 188 Å². The van der Waals surface area contributed by atoms with E-state index in [0.29, 0.717) is 0 Å². The van der Waals surface area contributed by atoms with E-state index in [4.69, 9.17) is 0 Å². The molecule has 2 aliphatic rings. The Hall–Kier alpha value is -6.70. The number of hydrogen-bond donors (Lipinski definition) is 0. The molecule has 278 valence electrons. The van der Waals surface area contributed by atoms with Gasteiger partial charge in [0.2, 0.25) is 0 Å². The SMILES string of the molecule is CC1(C)c2cc(N(c3ccc(-c4cccc5c4CCCC5)cc3)c3cc4ccccc4cc3-c3ccc(-c4ccccc4)cc3)ccc2-c2ccc3ccccc3c21. The lowest BCUT2D eigenvalue weighted by Crippen LogP contribution is -2.17. The summed E-state index contributed by atoms with van der Waals surface area (Å²) in [5, 5.41) is 5.09. The van der Waals surface area contributed by atoms with Crippen molar-refractivity contribution in [2.75, 3.05) is 4.90 Å². The third-order valence-corrected chi connectivity index (χ3v) is 13.0. The molecule has 0 spiro atoms. The van der Waals surface area contributed by atoms with Gasteiger partial charge in [-0.15, -0.1) is 0 Å². The maximum atomic E-state index is 2.51. The van der Waals surface area contributed by atoms with E-state index < -0.39 is 0 Å². The molecule has 9 aromatic carbocycles. The average Bonchev–Trinajstić information content (AvgIpc) is 3.52. The van der Waals surface area contributed by atoms with Crippen LogP contribution in [0.4, 0.5) is 17.1 Å². The molecule has 0 heterocycles. The molecule has 0 fully saturated rings. The molecule has 58 heavy (non-hydrogen) atoms. The van der Waals surface area contributed by atoms with Gasteiger partial charge in [0.15, 0.2) is 0 Å². The quantitative estimate of drug-likeness (QED) is 0.164. The zero-order valence-electron chi connectivity index (χ0n) is 33.2. The Morgan fingerprint density at radius 1 is 0.414 bits per heavy atom. The lowest BCUT2D eigenvalue weighted by molar-refractivity contribution is 0.666. The largest absolute Gasteiger partial charge is 0.310 e. The minimum atomic E-state index is -0.178. The van der Waals surface area contributed by atoms with Crippen LogP contribution < -0.4 is 4.90 Å². The fourth-order valence-electron chi connectivity index (χ4n) is 10.1. The highest BCUT2D eigenvalue weighted by molar-refractivity contribution is 6.01. The minimum absolute atomic E-state index is 0.178. The standard InChI is InChI=1S/C57H45N/c1-57(2)54-37-47(32-34-51(54)52-33-29-41-16-9-11-21-50(41)56(52)57)58(46-30-27-42(28-31-46)49-22-12-19-40-15-8-10-20-48(40)49)55-36-45-18-7-6-17-44(45)35-53(55)43-25-23-39(24-26-43)38-13-4-3-5-14-38/h3-7,9,11-14,16-19,21-37H,8,10,15,20H2,1-2H3. The number of anilines is 3. The normalized spacial score (nSPS) is 13.9. The van der Waals surface area contributed by atoms with Gasteiger partial charge in [-0.05, 0) is 145 Å². The van der Waals surface area contributed by atoms with Crippen LogP contribution in [0.25, 0.3) is 66.1 Å². The summed E-state index contributed by atoms with van der Waals surface area (Å²) in [6.07, 6.45) is 4.89. The zero-order chi connectivity index (χ0) is 38.8. The lowest BCUT2D eigenvalue weighted by atomic mass is 9.80. The Kier molecular flexibility index (Phi) is 8.19. The maximum Gasteiger partial charge on any atom is 0.0546 e. The van der Waals surface area contributed by atoms with E-state index in [1.807, 2.05) is 0 Å². The highest BCUT2D eigenvalue weighted by Crippen LogP contribution is 2.53. The van der Waals surface area contributed by atoms with Gasteiger partial charge in [-0.3, -0.25) is 0 Å². The number of benzene rings is 9. The molecular formula is C57H45N. The summed E-state index contributed by atoms with van der Waals surface area (Å²) in [5.74, 6) is 0. The van der Waals surface area contributed by atoms with E-state index in [0.717, 1.165) is 23.5 Å². The average molecular weight is 744 g/mol. The van der Waals surface area contributed by atoms with Crippen LogP contribution in [0.3, 0.4) is 0 Å². The number of fused-ring (bicyclic) bond motifs is 7. The Labute approximate surface area is 341 Å². The third kappa shape index (κ3) is 5.68. The smallest absolute Gasteiger partial charge is 0.0546 e. The monoisotopic (exact) mass is 743 g/mol. The first kappa shape index (κ1) is 34.5. The van der Waals surface area contributed by atoms with Crippen LogP contribution in [-0.2, 0) is 18.3 Å². The van der Waals surface area contributed by atoms with Gasteiger partial charge in [0, 0.05) is 22.4 Å². The van der Waals surface area contributed by atoms with Crippen LogP contribution in [0.1, 0.15) is 48.9 Å². The van der Waals surface area contributed by atoms with Crippen LogP contribution in [0.2, 0.25) is 0 Å². The third-order valence-electron chi connectivity index (χ3n) is 13.0. The van der Waals surface area contributed by atoms with Crippen molar-refractivity contribution in [3.63, 3.8) is 0 Å². The van der Waals surface area contributed by atoms with E-state index in [2.05, 4.69) is 207 Å². The molecule has 0 saturated carbocycles. The van der Waals surface area contributed by atoms with Crippen LogP contribution >= 0.6 is 0 Å². The van der Waals surface area contributed by atoms with Crippen molar-refractivity contribution in [2.45, 2.75) is 44.9 Å². The van der Waals surface area contributed by atoms with E-state index >= 15 is 0 Å². The fraction of sp³-hybridized carbons (Fsp3) is 0.123. The summed E-state index contributed by atoms with van der Waals surface area (Å²) in [5.41, 5.74) is 19.3. The van der Waals surface area contributed by atoms with Crippen molar-refractivity contribution in [2.24, 2.45) is 0 Å². The van der Waals surface area contributed by atoms with Gasteiger partial charge < -0.3 is 4.90 Å². The molecule has 0 aromatic heterocycles. The summed E-state index contributed by atoms with van der Waals surface area (Å²) in [6, 6.07) is 70.3. The summed E-state index contributed by atoms with van der Waals surface area (Å²) >= 11 is 0. The molecule has 11 rings (SSSR count). The van der Waals surface area contributed by atoms with Crippen molar-refractivity contribution in [3.05, 3.63) is 210 Å². The van der Waals surface area contributed by atoms with Gasteiger partial charge in [0.05, 0.1) is 5.69 Å². The highest BCUT2D eigenvalue weighted by Gasteiger charge is 2.37. The molecule has 0 radical (unpaired) electrons. The molecule has 0 amide bonds. The van der Waals surface area contributed by atoms with E-state index in [9.17, 15) is 0 Å². The van der Waals surface area contributed by atoms with E-state index in [1.54, 1.807) is 0 Å². The molecule has 0 atom stereocenters. The summed E-state index contributed by atoms with van der Waals surface area (Å²) in [7, 11) is 0. The van der Waals surface area contributed by atoms with Gasteiger partial charge in [0.25, 0.3) is 0 Å². The first-order valence-electron chi connectivity index (χ1n) is 20.9. The van der Waals surface area contributed by atoms with Crippen molar-refractivity contribution in [1.82, 2.24) is 0 Å². The Balaban J connectivity index is 1.11. The zero-order valence-corrected chi connectivity index (χ0v) is 33.2. The minimum Gasteiger partial charge on any atom is -0.310 e. The maximum absolute atomic E-state index is 2.51. The Morgan fingerprint density at radius 2 is 1.03 bits per heavy atom. The second kappa shape index (κ2) is 13.7. The van der Waals surface area contributed by atoms with Gasteiger partial charge in [-0.1, -0.05) is 166 Å². The predicted octanol–water partition coefficient (Wildman–Crippen LogP) is 15.6. The second-order valence-corrected chi connectivity index (χ2v) is 16.8. The molecular weight excluding hydrogens is 699 g/mol. The molecule has 0 unspecified atom stereocenters. The van der Waals surface area contributed by atoms with Crippen molar-refractivity contribution >= 4 is 38.6 Å². The first-order chi connectivity index (χ1) is 28.5. The number of hydrogen-bond acceptors (Lipinski definition) is 1. The number of aryl methyl sites for hydroxylation is 1. The highest BCUT2D eigenvalue weighted by atomic mass is 15.1. The molecule has 0 N–H and O–H groups in total.